The molecule has 0 unspecified atom stereocenters. The van der Waals surface area contributed by atoms with Gasteiger partial charge >= 0.3 is 0 Å². The van der Waals surface area contributed by atoms with Crippen molar-refractivity contribution in [1.29, 1.82) is 0 Å². The van der Waals surface area contributed by atoms with Gasteiger partial charge < -0.3 is 15.7 Å². The molecule has 3 N–H and O–H groups in total. The summed E-state index contributed by atoms with van der Waals surface area (Å²) in [4.78, 5) is 2.41. The average molecular weight is 360 g/mol. The van der Waals surface area contributed by atoms with Gasteiger partial charge in [0.2, 0.25) is 0 Å². The van der Waals surface area contributed by atoms with E-state index in [0.717, 1.165) is 50.5 Å². The number of phenols is 1. The fourth-order valence-electron chi connectivity index (χ4n) is 3.69. The van der Waals surface area contributed by atoms with Gasteiger partial charge in [0.1, 0.15) is 5.75 Å². The lowest BCUT2D eigenvalue weighted by Gasteiger charge is -2.32. The van der Waals surface area contributed by atoms with Crippen molar-refractivity contribution in [1.82, 2.24) is 4.90 Å². The van der Waals surface area contributed by atoms with Crippen molar-refractivity contribution in [2.24, 2.45) is 5.73 Å². The Morgan fingerprint density at radius 2 is 1.85 bits per heavy atom. The summed E-state index contributed by atoms with van der Waals surface area (Å²) < 4.78 is 26.2. The fourth-order valence-corrected chi connectivity index (χ4v) is 3.69. The van der Waals surface area contributed by atoms with E-state index < -0.39 is 11.6 Å². The zero-order valence-corrected chi connectivity index (χ0v) is 14.9. The van der Waals surface area contributed by atoms with Crippen LogP contribution in [0.5, 0.6) is 5.75 Å². The smallest absolute Gasteiger partial charge is 0.159 e. The SMILES string of the molecule is N[C@@H](CCN1CCC(c2cccc(O)c2)CC1)Cc1ccc(F)c(F)c1. The standard InChI is InChI=1S/C21H26F2N2O/c22-20-5-4-15(13-21(20)23)12-18(24)8-11-25-9-6-16(7-10-25)17-2-1-3-19(26)14-17/h1-5,13-14,16,18,26H,6-12,24H2/t18-/m0/s1. The molecule has 0 saturated carbocycles. The molecule has 0 amide bonds. The second-order valence-electron chi connectivity index (χ2n) is 7.21. The highest BCUT2D eigenvalue weighted by atomic mass is 19.2. The van der Waals surface area contributed by atoms with Crippen LogP contribution >= 0.6 is 0 Å². The lowest BCUT2D eigenvalue weighted by Crippen LogP contribution is -2.36. The first-order valence-electron chi connectivity index (χ1n) is 9.22. The minimum atomic E-state index is -0.822. The number of likely N-dealkylation sites (tertiary alicyclic amines) is 1. The first kappa shape index (κ1) is 18.8. The number of aromatic hydroxyl groups is 1. The number of hydrogen-bond acceptors (Lipinski definition) is 3. The molecule has 1 aliphatic heterocycles. The van der Waals surface area contributed by atoms with E-state index in [1.54, 1.807) is 12.1 Å². The van der Waals surface area contributed by atoms with Crippen LogP contribution in [0.25, 0.3) is 0 Å². The van der Waals surface area contributed by atoms with Crippen molar-refractivity contribution in [3.05, 3.63) is 65.2 Å². The normalized spacial score (nSPS) is 17.3. The van der Waals surface area contributed by atoms with E-state index in [0.29, 0.717) is 18.1 Å². The largest absolute Gasteiger partial charge is 0.508 e. The minimum absolute atomic E-state index is 0.0661. The van der Waals surface area contributed by atoms with Crippen molar-refractivity contribution in [3.8, 4) is 5.75 Å². The molecule has 26 heavy (non-hydrogen) atoms. The molecule has 2 aromatic rings. The van der Waals surface area contributed by atoms with Crippen LogP contribution in [0.1, 0.15) is 36.3 Å². The summed E-state index contributed by atoms with van der Waals surface area (Å²) in [6.45, 7) is 2.94. The van der Waals surface area contributed by atoms with E-state index in [-0.39, 0.29) is 6.04 Å². The Morgan fingerprint density at radius 3 is 2.54 bits per heavy atom. The molecule has 3 nitrogen and oxygen atoms in total. The number of halogens is 2. The van der Waals surface area contributed by atoms with E-state index >= 15 is 0 Å². The van der Waals surface area contributed by atoms with Crippen molar-refractivity contribution >= 4 is 0 Å². The zero-order valence-electron chi connectivity index (χ0n) is 14.9. The first-order chi connectivity index (χ1) is 12.5. The zero-order chi connectivity index (χ0) is 18.5. The van der Waals surface area contributed by atoms with Gasteiger partial charge in [-0.2, -0.15) is 0 Å². The first-order valence-corrected chi connectivity index (χ1v) is 9.22. The van der Waals surface area contributed by atoms with E-state index in [1.807, 2.05) is 12.1 Å². The van der Waals surface area contributed by atoms with E-state index in [4.69, 9.17) is 5.73 Å². The lowest BCUT2D eigenvalue weighted by atomic mass is 9.89. The maximum absolute atomic E-state index is 13.3. The van der Waals surface area contributed by atoms with Crippen molar-refractivity contribution < 1.29 is 13.9 Å². The summed E-state index contributed by atoms with van der Waals surface area (Å²) in [5.74, 6) is -0.817. The van der Waals surface area contributed by atoms with Crippen LogP contribution in [0.2, 0.25) is 0 Å². The lowest BCUT2D eigenvalue weighted by molar-refractivity contribution is 0.205. The number of phenolic OH excluding ortho intramolecular Hbond substituents is 1. The summed E-state index contributed by atoms with van der Waals surface area (Å²) in [7, 11) is 0. The molecule has 1 saturated heterocycles. The molecular formula is C21H26F2N2O. The van der Waals surface area contributed by atoms with E-state index in [9.17, 15) is 13.9 Å². The number of benzene rings is 2. The van der Waals surface area contributed by atoms with Gasteiger partial charge in [-0.3, -0.25) is 0 Å². The third kappa shape index (κ3) is 5.02. The molecule has 0 radical (unpaired) electrons. The van der Waals surface area contributed by atoms with Crippen molar-refractivity contribution in [2.75, 3.05) is 19.6 Å². The molecule has 0 aliphatic carbocycles. The Kier molecular flexibility index (Phi) is 6.22. The van der Waals surface area contributed by atoms with Gasteiger partial charge in [-0.1, -0.05) is 18.2 Å². The maximum atomic E-state index is 13.3. The average Bonchev–Trinajstić information content (AvgIpc) is 2.63. The highest BCUT2D eigenvalue weighted by molar-refractivity contribution is 5.30. The Morgan fingerprint density at radius 1 is 1.08 bits per heavy atom. The van der Waals surface area contributed by atoms with Gasteiger partial charge in [0.05, 0.1) is 0 Å². The number of hydrogen-bond donors (Lipinski definition) is 2. The second kappa shape index (κ2) is 8.60. The van der Waals surface area contributed by atoms with Crippen LogP contribution in [0.3, 0.4) is 0 Å². The number of piperidine rings is 1. The second-order valence-corrected chi connectivity index (χ2v) is 7.21. The predicted molar refractivity (Wildman–Crippen MR) is 99.2 cm³/mol. The van der Waals surface area contributed by atoms with E-state index in [2.05, 4.69) is 11.0 Å². The third-order valence-corrected chi connectivity index (χ3v) is 5.23. The van der Waals surface area contributed by atoms with Crippen LogP contribution in [-0.4, -0.2) is 35.7 Å². The summed E-state index contributed by atoms with van der Waals surface area (Å²) >= 11 is 0. The topological polar surface area (TPSA) is 49.5 Å². The van der Waals surface area contributed by atoms with E-state index in [1.165, 1.54) is 11.6 Å². The minimum Gasteiger partial charge on any atom is -0.508 e. The molecule has 0 bridgehead atoms. The highest BCUT2D eigenvalue weighted by Crippen LogP contribution is 2.29. The molecule has 5 heteroatoms. The van der Waals surface area contributed by atoms with Crippen LogP contribution in [0.4, 0.5) is 8.78 Å². The van der Waals surface area contributed by atoms with Crippen molar-refractivity contribution in [3.63, 3.8) is 0 Å². The van der Waals surface area contributed by atoms with Gasteiger partial charge in [0, 0.05) is 6.04 Å². The quantitative estimate of drug-likeness (QED) is 0.824. The van der Waals surface area contributed by atoms with Crippen LogP contribution < -0.4 is 5.73 Å². The number of nitrogens with zero attached hydrogens (tertiary/aromatic N) is 1. The molecule has 0 aromatic heterocycles. The summed E-state index contributed by atoms with van der Waals surface area (Å²) in [6, 6.07) is 11.5. The van der Waals surface area contributed by atoms with Crippen LogP contribution in [0.15, 0.2) is 42.5 Å². The third-order valence-electron chi connectivity index (χ3n) is 5.23. The van der Waals surface area contributed by atoms with Crippen LogP contribution in [-0.2, 0) is 6.42 Å². The Balaban J connectivity index is 1.42. The highest BCUT2D eigenvalue weighted by Gasteiger charge is 2.21. The van der Waals surface area contributed by atoms with Gasteiger partial charge in [0.15, 0.2) is 11.6 Å². The van der Waals surface area contributed by atoms with Gasteiger partial charge in [0.25, 0.3) is 0 Å². The Hall–Kier alpha value is -1.98. The summed E-state index contributed by atoms with van der Waals surface area (Å²) in [5, 5.41) is 9.63. The van der Waals surface area contributed by atoms with Gasteiger partial charge in [-0.25, -0.2) is 8.78 Å². The molecule has 1 atom stereocenters. The molecule has 0 spiro atoms. The Bertz CT molecular complexity index is 730. The molecule has 2 aromatic carbocycles. The monoisotopic (exact) mass is 360 g/mol. The molecular weight excluding hydrogens is 334 g/mol. The van der Waals surface area contributed by atoms with Crippen molar-refractivity contribution in [2.45, 2.75) is 37.6 Å². The number of nitrogens with two attached hydrogens (primary N) is 1. The predicted octanol–water partition coefficient (Wildman–Crippen LogP) is 3.81. The maximum Gasteiger partial charge on any atom is 0.159 e. The van der Waals surface area contributed by atoms with Gasteiger partial charge in [-0.15, -0.1) is 0 Å². The molecule has 1 aliphatic rings. The molecule has 1 heterocycles. The summed E-state index contributed by atoms with van der Waals surface area (Å²) in [5.41, 5.74) is 8.12. The molecule has 3 rings (SSSR count). The fraction of sp³-hybridized carbons (Fsp3) is 0.429. The molecule has 140 valence electrons. The Labute approximate surface area is 153 Å². The van der Waals surface area contributed by atoms with Crippen LogP contribution in [0, 0.1) is 11.6 Å². The van der Waals surface area contributed by atoms with Gasteiger partial charge in [-0.05, 0) is 86.6 Å². The summed E-state index contributed by atoms with van der Waals surface area (Å²) in [6.07, 6.45) is 3.52. The molecule has 1 fully saturated rings. The number of rotatable bonds is 6.